The third-order valence-corrected chi connectivity index (χ3v) is 16.7. The van der Waals surface area contributed by atoms with Gasteiger partial charge in [-0.2, -0.15) is 34.2 Å². The van der Waals surface area contributed by atoms with Crippen LogP contribution < -0.4 is 14.3 Å². The van der Waals surface area contributed by atoms with Gasteiger partial charge in [-0.1, -0.05) is 35.3 Å². The molecule has 4 aliphatic rings. The second kappa shape index (κ2) is 22.3. The van der Waals surface area contributed by atoms with Crippen LogP contribution in [0.5, 0.6) is 0 Å². The number of rotatable bonds is 16. The molecule has 25 heteroatoms. The van der Waals surface area contributed by atoms with E-state index in [0.29, 0.717) is 122 Å². The van der Waals surface area contributed by atoms with Crippen LogP contribution in [0.2, 0.25) is 10.0 Å². The molecule has 2 atom stereocenters. The largest absolute Gasteiger partial charge is 0.415 e. The van der Waals surface area contributed by atoms with Crippen LogP contribution in [0.15, 0.2) is 89.6 Å². The fraction of sp³-hybridized carbons (Fsp3) is 0.444. The Hall–Kier alpha value is -4.79. The van der Waals surface area contributed by atoms with Crippen molar-refractivity contribution in [3.8, 4) is 11.5 Å². The molecule has 7 heterocycles. The molecule has 0 saturated carbocycles. The molecular formula is C45H53Cl2F2N11O8S2. The summed E-state index contributed by atoms with van der Waals surface area (Å²) in [5, 5.41) is 7.77. The lowest BCUT2D eigenvalue weighted by molar-refractivity contribution is -0.0873. The Bertz CT molecular complexity index is 2810. The lowest BCUT2D eigenvalue weighted by atomic mass is 10.1. The number of halogens is 4. The molecule has 0 bridgehead atoms. The number of carbonyl (C=O) groups is 1. The molecule has 2 N–H and O–H groups in total. The van der Waals surface area contributed by atoms with Crippen LogP contribution in [0.1, 0.15) is 47.9 Å². The predicted molar refractivity (Wildman–Crippen MR) is 258 cm³/mol. The number of hydrogen-bond acceptors (Lipinski definition) is 15. The van der Waals surface area contributed by atoms with Crippen LogP contribution >= 0.6 is 23.2 Å². The van der Waals surface area contributed by atoms with Crippen LogP contribution in [-0.2, 0) is 43.0 Å². The molecule has 0 radical (unpaired) electrons. The maximum absolute atomic E-state index is 13.9. The van der Waals surface area contributed by atoms with Gasteiger partial charge in [0.05, 0.1) is 86.5 Å². The molecule has 0 spiro atoms. The molecule has 0 aliphatic carbocycles. The number of carbonyl (C=O) groups excluding carboxylic acids is 1. The summed E-state index contributed by atoms with van der Waals surface area (Å²) in [4.78, 5) is 25.0. The number of ether oxygens (including phenoxy) is 2. The van der Waals surface area contributed by atoms with E-state index in [-0.39, 0.29) is 43.4 Å². The Kier molecular flexibility index (Phi) is 16.4. The summed E-state index contributed by atoms with van der Waals surface area (Å²) in [6.45, 7) is 9.31. The molecule has 70 heavy (non-hydrogen) atoms. The molecule has 19 nitrogen and oxygen atoms in total. The number of alkyl halides is 2. The van der Waals surface area contributed by atoms with E-state index in [9.17, 15) is 30.4 Å². The van der Waals surface area contributed by atoms with Crippen molar-refractivity contribution >= 4 is 60.8 Å². The van der Waals surface area contributed by atoms with Gasteiger partial charge in [0.2, 0.25) is 5.89 Å². The van der Waals surface area contributed by atoms with Crippen molar-refractivity contribution in [2.45, 2.75) is 57.5 Å². The summed E-state index contributed by atoms with van der Waals surface area (Å²) in [5.41, 5.74) is 7.93. The van der Waals surface area contributed by atoms with E-state index in [1.807, 2.05) is 13.8 Å². The minimum Gasteiger partial charge on any atom is -0.415 e. The fourth-order valence-electron chi connectivity index (χ4n) is 8.54. The number of Topliss-reactive ketones (excluding diaryl/α,β-unsaturated/α-hetero) is 1. The summed E-state index contributed by atoms with van der Waals surface area (Å²) in [7, 11) is -7.82. The minimum absolute atomic E-state index is 0.00479. The number of benzene rings is 2. The van der Waals surface area contributed by atoms with Gasteiger partial charge in [0, 0.05) is 79.4 Å². The smallest absolute Gasteiger partial charge is 0.314 e. The fourth-order valence-corrected chi connectivity index (χ4v) is 12.3. The lowest BCUT2D eigenvalue weighted by Crippen LogP contribution is -2.62. The molecule has 5 aromatic rings. The zero-order valence-electron chi connectivity index (χ0n) is 38.3. The van der Waals surface area contributed by atoms with Crippen LogP contribution in [-0.4, -0.2) is 158 Å². The summed E-state index contributed by atoms with van der Waals surface area (Å²) in [6.07, 6.45) is -0.0754. The van der Waals surface area contributed by atoms with Gasteiger partial charge < -0.3 is 19.6 Å². The average molecular weight is 1050 g/mol. The maximum atomic E-state index is 13.9. The van der Waals surface area contributed by atoms with Crippen molar-refractivity contribution in [1.82, 2.24) is 38.6 Å². The summed E-state index contributed by atoms with van der Waals surface area (Å²) >= 11 is 12.4. The molecule has 0 unspecified atom stereocenters. The Balaban J connectivity index is 0.000000190. The first-order valence-corrected chi connectivity index (χ1v) is 26.1. The van der Waals surface area contributed by atoms with Crippen molar-refractivity contribution < 1.29 is 44.3 Å². The van der Waals surface area contributed by atoms with Crippen molar-refractivity contribution in [2.75, 3.05) is 80.9 Å². The third-order valence-electron chi connectivity index (χ3n) is 12.5. The topological polar surface area (TPSA) is 214 Å². The summed E-state index contributed by atoms with van der Waals surface area (Å²) in [6, 6.07) is 20.6. The molecule has 376 valence electrons. The number of anilines is 2. The molecule has 2 aromatic carbocycles. The molecule has 3 aromatic heterocycles. The molecule has 4 aliphatic heterocycles. The van der Waals surface area contributed by atoms with Crippen molar-refractivity contribution in [3.63, 3.8) is 0 Å². The zero-order valence-corrected chi connectivity index (χ0v) is 41.5. The molecule has 0 amide bonds. The SMILES string of the molecule is C[C@@H]1CN(S(=O)(=O)N(Cc2ccc(-c3nnc(C(F)F)o3)cn2)c2cccc(Cl)c2)CCN1C1COC1.C[C@@H]1CN(S(=O)(=O)N(Cc2ccc(C(=O)CN)cn2)c2cccc(Cl)c2)CCN1C1COC1. The summed E-state index contributed by atoms with van der Waals surface area (Å²) in [5.74, 6) is -1.11. The van der Waals surface area contributed by atoms with E-state index in [2.05, 4.69) is 30.0 Å². The Morgan fingerprint density at radius 2 is 1.23 bits per heavy atom. The highest BCUT2D eigenvalue weighted by Gasteiger charge is 2.41. The first-order valence-electron chi connectivity index (χ1n) is 22.5. The van der Waals surface area contributed by atoms with Gasteiger partial charge in [-0.25, -0.2) is 0 Å². The van der Waals surface area contributed by atoms with Crippen molar-refractivity contribution in [3.05, 3.63) is 118 Å². The Labute approximate surface area is 415 Å². The van der Waals surface area contributed by atoms with E-state index in [0.717, 1.165) is 0 Å². The van der Waals surface area contributed by atoms with Crippen molar-refractivity contribution in [2.24, 2.45) is 5.73 Å². The van der Waals surface area contributed by atoms with Crippen LogP contribution in [0.4, 0.5) is 20.2 Å². The predicted octanol–water partition coefficient (Wildman–Crippen LogP) is 4.91. The van der Waals surface area contributed by atoms with Gasteiger partial charge in [0.1, 0.15) is 0 Å². The lowest BCUT2D eigenvalue weighted by Gasteiger charge is -2.46. The van der Waals surface area contributed by atoms with E-state index in [1.54, 1.807) is 72.8 Å². The highest BCUT2D eigenvalue weighted by Crippen LogP contribution is 2.31. The zero-order chi connectivity index (χ0) is 49.7. The van der Waals surface area contributed by atoms with Gasteiger partial charge in [-0.05, 0) is 74.5 Å². The van der Waals surface area contributed by atoms with Crippen LogP contribution in [0, 0.1) is 0 Å². The van der Waals surface area contributed by atoms with Gasteiger partial charge >= 0.3 is 26.8 Å². The highest BCUT2D eigenvalue weighted by atomic mass is 35.5. The number of ketones is 1. The second-order valence-corrected chi connectivity index (χ2v) is 21.8. The van der Waals surface area contributed by atoms with Crippen LogP contribution in [0.25, 0.3) is 11.5 Å². The van der Waals surface area contributed by atoms with E-state index < -0.39 is 32.7 Å². The monoisotopic (exact) mass is 1050 g/mol. The number of nitrogens with zero attached hydrogens (tertiary/aromatic N) is 10. The number of nitrogens with two attached hydrogens (primary N) is 1. The molecular weight excluding hydrogens is 996 g/mol. The average Bonchev–Trinajstić information content (AvgIpc) is 3.81. The highest BCUT2D eigenvalue weighted by molar-refractivity contribution is 7.90. The summed E-state index contributed by atoms with van der Waals surface area (Å²) < 4.78 is 102. The Morgan fingerprint density at radius 3 is 1.60 bits per heavy atom. The van der Waals surface area contributed by atoms with Gasteiger partial charge in [0.15, 0.2) is 5.78 Å². The number of pyridine rings is 2. The standard InChI is InChI=1S/C23H25ClF2N6O4S.C22H28ClN5O4S/c1-15-11-30(7-8-31(15)20-13-35-14-20)37(33,34)32(19-4-2-3-17(24)9-19)12-18-6-5-16(10-27-18)22-28-29-23(36-22)21(25)26;1-16-12-26(7-8-27(16)21-14-32-15-21)33(30,31)28(20-4-2-3-18(23)9-20)13-19-6-5-17(11-25-19)22(29)10-24/h2-6,9-10,15,20-21H,7-8,11-14H2,1H3;2-6,9,11,16,21H,7-8,10,12-15,24H2,1H3/t15-;16-/m11/s1. The maximum Gasteiger partial charge on any atom is 0.314 e. The normalized spacial score (nSPS) is 20.1. The first kappa shape index (κ1) is 51.6. The van der Waals surface area contributed by atoms with Gasteiger partial charge in [-0.3, -0.25) is 33.2 Å². The molecule has 4 saturated heterocycles. The van der Waals surface area contributed by atoms with Gasteiger partial charge in [0.25, 0.3) is 5.89 Å². The second-order valence-electron chi connectivity index (χ2n) is 17.2. The van der Waals surface area contributed by atoms with E-state index in [4.69, 9.17) is 42.8 Å². The van der Waals surface area contributed by atoms with Crippen molar-refractivity contribution in [1.29, 1.82) is 0 Å². The van der Waals surface area contributed by atoms with Crippen LogP contribution in [0.3, 0.4) is 0 Å². The molecule has 9 rings (SSSR count). The van der Waals surface area contributed by atoms with Gasteiger partial charge in [-0.15, -0.1) is 10.2 Å². The number of piperazine rings is 2. The third kappa shape index (κ3) is 11.8. The minimum atomic E-state index is -3.95. The quantitative estimate of drug-likeness (QED) is 0.130. The van der Waals surface area contributed by atoms with E-state index >= 15 is 0 Å². The van der Waals surface area contributed by atoms with E-state index in [1.165, 1.54) is 29.6 Å². The first-order chi connectivity index (χ1) is 33.5. The number of aromatic nitrogens is 4. The number of hydrogen-bond donors (Lipinski definition) is 1. The molecule has 4 fully saturated rings. The Morgan fingerprint density at radius 1 is 0.729 bits per heavy atom.